The second-order valence-electron chi connectivity index (χ2n) is 5.69. The predicted molar refractivity (Wildman–Crippen MR) is 91.8 cm³/mol. The highest BCUT2D eigenvalue weighted by molar-refractivity contribution is 6.76. The molecule has 0 aromatic carbocycles. The van der Waals surface area contributed by atoms with Crippen LogP contribution in [0, 0.1) is 0 Å². The standard InChI is InChI=1S/C15H34O5Si2/c1-6-16-21(5,15-13-11-10-12-14-15)20-22(17-7-2,18-8-3)19-9-4/h15H,6-14H2,1-5H3. The Morgan fingerprint density at radius 3 is 1.59 bits per heavy atom. The van der Waals surface area contributed by atoms with Gasteiger partial charge in [0, 0.05) is 32.0 Å². The zero-order valence-corrected chi connectivity index (χ0v) is 17.0. The van der Waals surface area contributed by atoms with Crippen molar-refractivity contribution in [3.05, 3.63) is 0 Å². The lowest BCUT2D eigenvalue weighted by Crippen LogP contribution is -2.59. The first-order valence-electron chi connectivity index (χ1n) is 8.81. The molecule has 0 aromatic rings. The maximum Gasteiger partial charge on any atom is 0.670 e. The van der Waals surface area contributed by atoms with Crippen LogP contribution in [0.5, 0.6) is 0 Å². The Morgan fingerprint density at radius 1 is 0.727 bits per heavy atom. The molecule has 0 aromatic heterocycles. The molecule has 1 aliphatic carbocycles. The summed E-state index contributed by atoms with van der Waals surface area (Å²) in [5.41, 5.74) is 0.495. The van der Waals surface area contributed by atoms with E-state index in [2.05, 4.69) is 6.55 Å². The highest BCUT2D eigenvalue weighted by atomic mass is 28.5. The van der Waals surface area contributed by atoms with E-state index in [9.17, 15) is 0 Å². The highest BCUT2D eigenvalue weighted by Crippen LogP contribution is 2.40. The number of hydrogen-bond acceptors (Lipinski definition) is 5. The maximum atomic E-state index is 6.52. The largest absolute Gasteiger partial charge is 0.670 e. The molecule has 1 fully saturated rings. The average Bonchev–Trinajstić information content (AvgIpc) is 2.49. The molecule has 1 rings (SSSR count). The van der Waals surface area contributed by atoms with E-state index in [1.54, 1.807) is 0 Å². The molecular formula is C15H34O5Si2. The number of hydrogen-bond donors (Lipinski definition) is 0. The van der Waals surface area contributed by atoms with Gasteiger partial charge >= 0.3 is 17.6 Å². The van der Waals surface area contributed by atoms with E-state index in [0.717, 1.165) is 0 Å². The quantitative estimate of drug-likeness (QED) is 0.527. The minimum Gasteiger partial charge on any atom is -0.395 e. The Balaban J connectivity index is 2.94. The molecule has 0 spiro atoms. The zero-order chi connectivity index (χ0) is 16.5. The van der Waals surface area contributed by atoms with Crippen LogP contribution < -0.4 is 0 Å². The Kier molecular flexibility index (Phi) is 9.38. The Labute approximate surface area is 138 Å². The average molecular weight is 351 g/mol. The van der Waals surface area contributed by atoms with Crippen LogP contribution in [0.2, 0.25) is 12.1 Å². The number of rotatable bonds is 11. The van der Waals surface area contributed by atoms with Gasteiger partial charge in [-0.25, -0.2) is 0 Å². The molecule has 1 aliphatic rings. The van der Waals surface area contributed by atoms with Gasteiger partial charge in [0.15, 0.2) is 0 Å². The van der Waals surface area contributed by atoms with Gasteiger partial charge in [-0.05, 0) is 47.1 Å². The van der Waals surface area contributed by atoms with E-state index < -0.39 is 17.6 Å². The van der Waals surface area contributed by atoms with E-state index in [0.29, 0.717) is 32.0 Å². The van der Waals surface area contributed by atoms with Gasteiger partial charge in [0.25, 0.3) is 0 Å². The van der Waals surface area contributed by atoms with Crippen molar-refractivity contribution in [2.75, 3.05) is 26.4 Å². The molecule has 1 saturated carbocycles. The van der Waals surface area contributed by atoms with Gasteiger partial charge in [-0.1, -0.05) is 19.3 Å². The van der Waals surface area contributed by atoms with Crippen molar-refractivity contribution in [2.24, 2.45) is 0 Å². The Bertz CT molecular complexity index is 283. The Hall–Kier alpha value is 0.234. The van der Waals surface area contributed by atoms with Gasteiger partial charge in [-0.3, -0.25) is 0 Å². The van der Waals surface area contributed by atoms with Crippen molar-refractivity contribution in [1.82, 2.24) is 0 Å². The van der Waals surface area contributed by atoms with Gasteiger partial charge in [-0.15, -0.1) is 0 Å². The van der Waals surface area contributed by atoms with Crippen molar-refractivity contribution >= 4 is 17.6 Å². The van der Waals surface area contributed by atoms with Gasteiger partial charge in [0.05, 0.1) is 0 Å². The van der Waals surface area contributed by atoms with E-state index >= 15 is 0 Å². The maximum absolute atomic E-state index is 6.52. The summed E-state index contributed by atoms with van der Waals surface area (Å²) in [5.74, 6) is 0. The molecule has 7 heteroatoms. The van der Waals surface area contributed by atoms with Crippen LogP contribution >= 0.6 is 0 Å². The van der Waals surface area contributed by atoms with Crippen LogP contribution in [0.3, 0.4) is 0 Å². The summed E-state index contributed by atoms with van der Waals surface area (Å²) in [5, 5.41) is 0. The minimum atomic E-state index is -3.12. The first kappa shape index (κ1) is 20.3. The molecule has 0 amide bonds. The molecule has 0 heterocycles. The highest BCUT2D eigenvalue weighted by Gasteiger charge is 2.55. The lowest BCUT2D eigenvalue weighted by molar-refractivity contribution is -0.00444. The third-order valence-corrected chi connectivity index (χ3v) is 11.5. The van der Waals surface area contributed by atoms with Crippen molar-refractivity contribution in [2.45, 2.75) is 71.9 Å². The zero-order valence-electron chi connectivity index (χ0n) is 15.0. The van der Waals surface area contributed by atoms with Gasteiger partial charge < -0.3 is 21.8 Å². The van der Waals surface area contributed by atoms with Gasteiger partial charge in [-0.2, -0.15) is 0 Å². The van der Waals surface area contributed by atoms with Crippen molar-refractivity contribution in [3.8, 4) is 0 Å². The van der Waals surface area contributed by atoms with E-state index in [1.165, 1.54) is 32.1 Å². The second-order valence-corrected chi connectivity index (χ2v) is 11.5. The van der Waals surface area contributed by atoms with E-state index in [1.807, 2.05) is 27.7 Å². The summed E-state index contributed by atoms with van der Waals surface area (Å²) in [7, 11) is -5.52. The summed E-state index contributed by atoms with van der Waals surface area (Å²) in [4.78, 5) is 0. The van der Waals surface area contributed by atoms with Crippen LogP contribution in [0.4, 0.5) is 0 Å². The van der Waals surface area contributed by atoms with Gasteiger partial charge in [0.1, 0.15) is 0 Å². The Morgan fingerprint density at radius 2 is 1.18 bits per heavy atom. The van der Waals surface area contributed by atoms with Crippen LogP contribution in [-0.4, -0.2) is 44.0 Å². The fourth-order valence-corrected chi connectivity index (χ4v) is 10.3. The molecule has 0 N–H and O–H groups in total. The van der Waals surface area contributed by atoms with Crippen LogP contribution in [0.1, 0.15) is 59.8 Å². The van der Waals surface area contributed by atoms with Crippen LogP contribution in [0.25, 0.3) is 0 Å². The van der Waals surface area contributed by atoms with Crippen molar-refractivity contribution in [1.29, 1.82) is 0 Å². The van der Waals surface area contributed by atoms with E-state index in [-0.39, 0.29) is 0 Å². The molecule has 1 atom stereocenters. The van der Waals surface area contributed by atoms with Crippen molar-refractivity contribution < 1.29 is 21.8 Å². The minimum absolute atomic E-state index is 0.495. The first-order chi connectivity index (χ1) is 10.6. The topological polar surface area (TPSA) is 46.2 Å². The third kappa shape index (κ3) is 5.70. The molecular weight excluding hydrogens is 316 g/mol. The SMILES string of the molecule is CCO[Si](OCC)(OCC)O[Si](C)(OCC)C1CCCCC1. The first-order valence-corrected chi connectivity index (χ1v) is 12.8. The fraction of sp³-hybridized carbons (Fsp3) is 1.00. The molecule has 1 unspecified atom stereocenters. The molecule has 0 bridgehead atoms. The third-order valence-electron chi connectivity index (χ3n) is 4.07. The molecule has 132 valence electrons. The van der Waals surface area contributed by atoms with Gasteiger partial charge in [0.2, 0.25) is 0 Å². The lowest BCUT2D eigenvalue weighted by Gasteiger charge is -2.41. The summed E-state index contributed by atoms with van der Waals surface area (Å²) >= 11 is 0. The van der Waals surface area contributed by atoms with E-state index in [4.69, 9.17) is 21.8 Å². The molecule has 0 aliphatic heterocycles. The second kappa shape index (κ2) is 10.2. The van der Waals surface area contributed by atoms with Crippen molar-refractivity contribution in [3.63, 3.8) is 0 Å². The fourth-order valence-electron chi connectivity index (χ4n) is 3.14. The lowest BCUT2D eigenvalue weighted by atomic mass is 10.0. The molecule has 0 saturated heterocycles. The smallest absolute Gasteiger partial charge is 0.395 e. The molecule has 22 heavy (non-hydrogen) atoms. The predicted octanol–water partition coefficient (Wildman–Crippen LogP) is 3.99. The monoisotopic (exact) mass is 350 g/mol. The summed E-state index contributed by atoms with van der Waals surface area (Å²) in [6, 6.07) is 0. The van der Waals surface area contributed by atoms with Crippen LogP contribution in [-0.2, 0) is 21.8 Å². The van der Waals surface area contributed by atoms with Crippen LogP contribution in [0.15, 0.2) is 0 Å². The summed E-state index contributed by atoms with van der Waals surface area (Å²) in [6.45, 7) is 12.3. The normalized spacial score (nSPS) is 20.0. The molecule has 0 radical (unpaired) electrons. The summed E-state index contributed by atoms with van der Waals surface area (Å²) in [6.07, 6.45) is 6.19. The summed E-state index contributed by atoms with van der Waals surface area (Å²) < 4.78 is 30.3. The molecule has 5 nitrogen and oxygen atoms in total.